The predicted molar refractivity (Wildman–Crippen MR) is 113 cm³/mol. The molecule has 4 rings (SSSR count). The van der Waals surface area contributed by atoms with Crippen molar-refractivity contribution in [2.45, 2.75) is 0 Å². The summed E-state index contributed by atoms with van der Waals surface area (Å²) in [7, 11) is -3.12. The quantitative estimate of drug-likeness (QED) is 0.547. The molecule has 0 aromatic heterocycles. The van der Waals surface area contributed by atoms with Crippen LogP contribution in [0.5, 0.6) is 0 Å². The Bertz CT molecular complexity index is 943. The minimum atomic E-state index is -3.12. The van der Waals surface area contributed by atoms with Crippen molar-refractivity contribution in [1.29, 1.82) is 0 Å². The maximum absolute atomic E-state index is 12.2. The Morgan fingerprint density at radius 1 is 0.577 bits per heavy atom. The van der Waals surface area contributed by atoms with E-state index in [-0.39, 0.29) is 0 Å². The first-order valence-electron chi connectivity index (χ1n) is 8.69. The van der Waals surface area contributed by atoms with Gasteiger partial charge in [-0.2, -0.15) is 0 Å². The van der Waals surface area contributed by atoms with E-state index in [0.29, 0.717) is 0 Å². The zero-order valence-corrected chi connectivity index (χ0v) is 15.3. The van der Waals surface area contributed by atoms with Crippen molar-refractivity contribution in [2.24, 2.45) is 0 Å². The SMILES string of the molecule is O[PH](c1ccccc1)(c1ccccc1)c1ccccc1-c1cc[c]cc1. The van der Waals surface area contributed by atoms with E-state index in [1.54, 1.807) is 0 Å². The molecule has 1 N–H and O–H groups in total. The molecule has 0 aliphatic heterocycles. The van der Waals surface area contributed by atoms with Gasteiger partial charge < -0.3 is 0 Å². The molecule has 1 nitrogen and oxygen atoms in total. The predicted octanol–water partition coefficient (Wildman–Crippen LogP) is 4.09. The van der Waals surface area contributed by atoms with Gasteiger partial charge in [0.15, 0.2) is 0 Å². The molecular formula is C24H20OP. The van der Waals surface area contributed by atoms with Crippen LogP contribution < -0.4 is 15.9 Å². The molecule has 4 aromatic rings. The van der Waals surface area contributed by atoms with Gasteiger partial charge in [-0.1, -0.05) is 0 Å². The summed E-state index contributed by atoms with van der Waals surface area (Å²) in [6.07, 6.45) is 0. The van der Waals surface area contributed by atoms with Crippen LogP contribution in [0.4, 0.5) is 0 Å². The number of benzene rings is 4. The van der Waals surface area contributed by atoms with Gasteiger partial charge in [-0.25, -0.2) is 0 Å². The van der Waals surface area contributed by atoms with Crippen LogP contribution in [0.2, 0.25) is 0 Å². The second-order valence-electron chi connectivity index (χ2n) is 6.28. The fraction of sp³-hybridized carbons (Fsp3) is 0. The Kier molecular flexibility index (Phi) is 4.67. The van der Waals surface area contributed by atoms with Gasteiger partial charge in [0, 0.05) is 0 Å². The summed E-state index contributed by atoms with van der Waals surface area (Å²) in [5, 5.41) is 2.98. The topological polar surface area (TPSA) is 20.2 Å². The number of hydrogen-bond donors (Lipinski definition) is 1. The van der Waals surface area contributed by atoms with Crippen LogP contribution in [0.1, 0.15) is 0 Å². The summed E-state index contributed by atoms with van der Waals surface area (Å²) >= 11 is 0. The van der Waals surface area contributed by atoms with Crippen LogP contribution in [0.25, 0.3) is 11.1 Å². The molecule has 0 unspecified atom stereocenters. The monoisotopic (exact) mass is 355 g/mol. The standard InChI is InChI=1S/C24H20OP/c25-26(21-14-6-2-7-15-21,22-16-8-3-9-17-22)24-19-11-10-18-23(24)20-12-4-1-5-13-20/h2-19,25-26H. The average Bonchev–Trinajstić information content (AvgIpc) is 2.75. The third-order valence-electron chi connectivity index (χ3n) is 4.73. The summed E-state index contributed by atoms with van der Waals surface area (Å²) < 4.78 is 0. The second kappa shape index (κ2) is 7.25. The third kappa shape index (κ3) is 2.97. The van der Waals surface area contributed by atoms with Gasteiger partial charge in [-0.3, -0.25) is 0 Å². The molecule has 0 amide bonds. The number of rotatable bonds is 4. The second-order valence-corrected chi connectivity index (χ2v) is 9.39. The first kappa shape index (κ1) is 16.7. The molecule has 26 heavy (non-hydrogen) atoms. The van der Waals surface area contributed by atoms with Crippen LogP contribution in [0.3, 0.4) is 0 Å². The molecule has 0 aliphatic rings. The van der Waals surface area contributed by atoms with Crippen molar-refractivity contribution in [3.05, 3.63) is 115 Å². The van der Waals surface area contributed by atoms with E-state index in [0.717, 1.165) is 27.0 Å². The van der Waals surface area contributed by atoms with Crippen LogP contribution in [0.15, 0.2) is 109 Å². The van der Waals surface area contributed by atoms with Crippen molar-refractivity contribution < 1.29 is 4.89 Å². The number of hydrogen-bond acceptors (Lipinski definition) is 1. The average molecular weight is 355 g/mol. The Morgan fingerprint density at radius 3 is 1.65 bits per heavy atom. The molecule has 1 radical (unpaired) electrons. The fourth-order valence-corrected chi connectivity index (χ4v) is 6.71. The van der Waals surface area contributed by atoms with Crippen molar-refractivity contribution in [1.82, 2.24) is 0 Å². The summed E-state index contributed by atoms with van der Waals surface area (Å²) in [6, 6.07) is 39.3. The van der Waals surface area contributed by atoms with Crippen molar-refractivity contribution in [2.75, 3.05) is 0 Å². The van der Waals surface area contributed by atoms with Gasteiger partial charge in [0.1, 0.15) is 0 Å². The Morgan fingerprint density at radius 2 is 1.08 bits per heavy atom. The summed E-state index contributed by atoms with van der Waals surface area (Å²) in [6.45, 7) is 0. The van der Waals surface area contributed by atoms with E-state index in [4.69, 9.17) is 0 Å². The molecule has 0 saturated heterocycles. The Balaban J connectivity index is 2.01. The molecule has 0 fully saturated rings. The normalized spacial score (nSPS) is 11.9. The Hall–Kier alpha value is -2.73. The molecule has 4 aromatic carbocycles. The molecule has 0 aliphatic carbocycles. The third-order valence-corrected chi connectivity index (χ3v) is 8.28. The van der Waals surface area contributed by atoms with Gasteiger partial charge in [0.05, 0.1) is 0 Å². The van der Waals surface area contributed by atoms with Gasteiger partial charge in [-0.05, 0) is 0 Å². The summed E-state index contributed by atoms with van der Waals surface area (Å²) in [5.41, 5.74) is 2.17. The van der Waals surface area contributed by atoms with Crippen LogP contribution in [0, 0.1) is 6.07 Å². The van der Waals surface area contributed by atoms with Crippen LogP contribution >= 0.6 is 7.49 Å². The first-order valence-corrected chi connectivity index (χ1v) is 10.6. The molecule has 0 spiro atoms. The van der Waals surface area contributed by atoms with E-state index >= 15 is 0 Å². The molecule has 0 heterocycles. The molecule has 0 bridgehead atoms. The van der Waals surface area contributed by atoms with Gasteiger partial charge in [-0.15, -0.1) is 0 Å². The van der Waals surface area contributed by atoms with E-state index in [1.165, 1.54) is 0 Å². The summed E-state index contributed by atoms with van der Waals surface area (Å²) in [4.78, 5) is 12.2. The van der Waals surface area contributed by atoms with Gasteiger partial charge >= 0.3 is 155 Å². The first-order chi connectivity index (χ1) is 12.8. The van der Waals surface area contributed by atoms with Crippen LogP contribution in [-0.4, -0.2) is 4.89 Å². The molecular weight excluding hydrogens is 335 g/mol. The Labute approximate surface area is 155 Å². The molecule has 0 saturated carbocycles. The van der Waals surface area contributed by atoms with Crippen LogP contribution in [-0.2, 0) is 0 Å². The van der Waals surface area contributed by atoms with Crippen molar-refractivity contribution >= 4 is 23.4 Å². The van der Waals surface area contributed by atoms with E-state index in [2.05, 4.69) is 18.2 Å². The van der Waals surface area contributed by atoms with Gasteiger partial charge in [0.2, 0.25) is 0 Å². The fourth-order valence-electron chi connectivity index (χ4n) is 3.45. The summed E-state index contributed by atoms with van der Waals surface area (Å²) in [5.74, 6) is 0. The van der Waals surface area contributed by atoms with E-state index in [9.17, 15) is 4.89 Å². The molecule has 2 heteroatoms. The minimum absolute atomic E-state index is 0.987. The molecule has 127 valence electrons. The zero-order chi connectivity index (χ0) is 17.8. The zero-order valence-electron chi connectivity index (χ0n) is 14.3. The van der Waals surface area contributed by atoms with E-state index < -0.39 is 7.49 Å². The van der Waals surface area contributed by atoms with E-state index in [1.807, 2.05) is 97.1 Å². The molecule has 0 atom stereocenters. The van der Waals surface area contributed by atoms with Crippen molar-refractivity contribution in [3.63, 3.8) is 0 Å². The maximum atomic E-state index is 12.2. The van der Waals surface area contributed by atoms with Crippen molar-refractivity contribution in [3.8, 4) is 11.1 Å². The van der Waals surface area contributed by atoms with Gasteiger partial charge in [0.25, 0.3) is 0 Å².